The lowest BCUT2D eigenvalue weighted by Crippen LogP contribution is -2.31. The maximum absolute atomic E-state index is 10.2. The molecule has 8 nitrogen and oxygen atoms in total. The number of hydrogen-bond acceptors (Lipinski definition) is 5. The van der Waals surface area contributed by atoms with E-state index in [1.807, 2.05) is 0 Å². The van der Waals surface area contributed by atoms with E-state index in [9.17, 15) is 18.0 Å². The molecule has 1 atom stereocenters. The first kappa shape index (κ1) is 22.1. The van der Waals surface area contributed by atoms with Crippen LogP contribution in [0, 0.1) is 0 Å². The zero-order valence-electron chi connectivity index (χ0n) is 12.4. The van der Waals surface area contributed by atoms with Crippen LogP contribution in [0.25, 0.3) is 0 Å². The van der Waals surface area contributed by atoms with Crippen molar-refractivity contribution in [1.82, 2.24) is 5.32 Å². The molecule has 0 aliphatic rings. The second-order valence-electron chi connectivity index (χ2n) is 4.40. The Morgan fingerprint density at radius 3 is 1.67 bits per heavy atom. The lowest BCUT2D eigenvalue weighted by Gasteiger charge is -2.04. The van der Waals surface area contributed by atoms with E-state index in [0.29, 0.717) is 0 Å². The number of unbranched alkanes of at least 4 members (excludes halogenated alkanes) is 2. The summed E-state index contributed by atoms with van der Waals surface area (Å²) < 4.78 is 28.7. The van der Waals surface area contributed by atoms with Gasteiger partial charge < -0.3 is 15.5 Å². The number of carbonyl (C=O) groups is 2. The van der Waals surface area contributed by atoms with Gasteiger partial charge in [0.15, 0.2) is 5.25 Å². The topological polar surface area (TPSA) is 141 Å². The lowest BCUT2D eigenvalue weighted by molar-refractivity contribution is -0.143. The normalized spacial score (nSPS) is 12.1. The van der Waals surface area contributed by atoms with Gasteiger partial charge in [-0.15, -0.1) is 0 Å². The molecular weight excluding hydrogens is 302 g/mol. The van der Waals surface area contributed by atoms with Crippen LogP contribution in [0.4, 0.5) is 0 Å². The van der Waals surface area contributed by atoms with Crippen molar-refractivity contribution in [1.29, 1.82) is 0 Å². The van der Waals surface area contributed by atoms with Crippen molar-refractivity contribution in [3.05, 3.63) is 0 Å². The molecule has 0 spiro atoms. The number of carboxylic acid groups (broad SMARTS) is 2. The number of aliphatic carboxylic acids is 2. The summed E-state index contributed by atoms with van der Waals surface area (Å²) in [7, 11) is -4.84. The minimum Gasteiger partial charge on any atom is -0.481 e. The van der Waals surface area contributed by atoms with Crippen molar-refractivity contribution in [3.63, 3.8) is 0 Å². The molecule has 0 rings (SSSR count). The van der Waals surface area contributed by atoms with Gasteiger partial charge in [-0.25, -0.2) is 0 Å². The Kier molecular flexibility index (Phi) is 13.2. The van der Waals surface area contributed by atoms with Crippen LogP contribution in [0.2, 0.25) is 0 Å². The minimum atomic E-state index is -4.84. The summed E-state index contributed by atoms with van der Waals surface area (Å²) in [4.78, 5) is 20.0. The molecule has 1 unspecified atom stereocenters. The van der Waals surface area contributed by atoms with Crippen molar-refractivity contribution in [2.45, 2.75) is 51.2 Å². The molecule has 126 valence electrons. The zero-order valence-corrected chi connectivity index (χ0v) is 13.2. The van der Waals surface area contributed by atoms with Gasteiger partial charge in [-0.05, 0) is 25.9 Å². The fraction of sp³-hybridized carbons (Fsp3) is 0.833. The third-order valence-corrected chi connectivity index (χ3v) is 3.50. The number of carboxylic acids is 2. The second kappa shape index (κ2) is 12.5. The average molecular weight is 327 g/mol. The SMILES string of the molecule is CCCCNCCCC.O=C(O)CC(C(=O)O)S(=O)(=O)O. The molecule has 0 aromatic rings. The first-order valence-electron chi connectivity index (χ1n) is 6.78. The maximum atomic E-state index is 10.2. The van der Waals surface area contributed by atoms with E-state index in [2.05, 4.69) is 19.2 Å². The molecule has 0 heterocycles. The van der Waals surface area contributed by atoms with Crippen LogP contribution < -0.4 is 5.32 Å². The largest absolute Gasteiger partial charge is 0.481 e. The monoisotopic (exact) mass is 327 g/mol. The summed E-state index contributed by atoms with van der Waals surface area (Å²) in [5.74, 6) is -3.50. The van der Waals surface area contributed by atoms with Crippen LogP contribution >= 0.6 is 0 Å². The van der Waals surface area contributed by atoms with Crippen molar-refractivity contribution >= 4 is 22.1 Å². The minimum absolute atomic E-state index is 1.16. The summed E-state index contributed by atoms with van der Waals surface area (Å²) in [5, 5.41) is 17.3. The van der Waals surface area contributed by atoms with Crippen LogP contribution in [0.1, 0.15) is 46.0 Å². The molecule has 0 fully saturated rings. The van der Waals surface area contributed by atoms with Crippen LogP contribution in [0.5, 0.6) is 0 Å². The predicted octanol–water partition coefficient (Wildman–Crippen LogP) is 0.978. The Balaban J connectivity index is 0. The van der Waals surface area contributed by atoms with E-state index in [1.165, 1.54) is 38.8 Å². The third-order valence-electron chi connectivity index (χ3n) is 2.41. The average Bonchev–Trinajstić information content (AvgIpc) is 2.35. The molecule has 21 heavy (non-hydrogen) atoms. The van der Waals surface area contributed by atoms with Crippen LogP contribution in [0.3, 0.4) is 0 Å². The van der Waals surface area contributed by atoms with E-state index >= 15 is 0 Å². The number of rotatable bonds is 10. The summed E-state index contributed by atoms with van der Waals surface area (Å²) in [6.45, 7) is 6.86. The van der Waals surface area contributed by atoms with Crippen molar-refractivity contribution < 1.29 is 32.8 Å². The van der Waals surface area contributed by atoms with Gasteiger partial charge >= 0.3 is 11.9 Å². The lowest BCUT2D eigenvalue weighted by atomic mass is 10.3. The highest BCUT2D eigenvalue weighted by Gasteiger charge is 2.33. The molecule has 9 heteroatoms. The first-order chi connectivity index (χ1) is 9.66. The van der Waals surface area contributed by atoms with Crippen molar-refractivity contribution in [2.24, 2.45) is 0 Å². The van der Waals surface area contributed by atoms with Gasteiger partial charge in [0.25, 0.3) is 10.1 Å². The Bertz CT molecular complexity index is 388. The highest BCUT2D eigenvalue weighted by Crippen LogP contribution is 2.04. The van der Waals surface area contributed by atoms with Crippen LogP contribution in [-0.4, -0.2) is 53.5 Å². The van der Waals surface area contributed by atoms with Crippen molar-refractivity contribution in [3.8, 4) is 0 Å². The van der Waals surface area contributed by atoms with Gasteiger partial charge in [0, 0.05) is 0 Å². The second-order valence-corrected chi connectivity index (χ2v) is 6.00. The van der Waals surface area contributed by atoms with Crippen molar-refractivity contribution in [2.75, 3.05) is 13.1 Å². The molecule has 0 bridgehead atoms. The summed E-state index contributed by atoms with van der Waals surface area (Å²) in [6, 6.07) is 0. The first-order valence-corrected chi connectivity index (χ1v) is 8.28. The fourth-order valence-corrected chi connectivity index (χ4v) is 1.82. The van der Waals surface area contributed by atoms with E-state index < -0.39 is 33.7 Å². The molecule has 0 aromatic heterocycles. The fourth-order valence-electron chi connectivity index (χ4n) is 1.21. The molecule has 0 aliphatic heterocycles. The highest BCUT2D eigenvalue weighted by molar-refractivity contribution is 7.87. The zero-order chi connectivity index (χ0) is 16.9. The molecule has 4 N–H and O–H groups in total. The Morgan fingerprint density at radius 2 is 1.48 bits per heavy atom. The Morgan fingerprint density at radius 1 is 1.05 bits per heavy atom. The number of nitrogens with one attached hydrogen (secondary N) is 1. The quantitative estimate of drug-likeness (QED) is 0.344. The van der Waals surface area contributed by atoms with Gasteiger partial charge in [0.1, 0.15) is 0 Å². The third kappa shape index (κ3) is 15.0. The molecule has 0 saturated heterocycles. The van der Waals surface area contributed by atoms with Gasteiger partial charge in [-0.3, -0.25) is 14.1 Å². The van der Waals surface area contributed by atoms with Gasteiger partial charge in [0.05, 0.1) is 6.42 Å². The number of hydrogen-bond donors (Lipinski definition) is 4. The molecule has 0 radical (unpaired) electrons. The predicted molar refractivity (Wildman–Crippen MR) is 77.9 cm³/mol. The Hall–Kier alpha value is -1.19. The molecule has 0 aliphatic carbocycles. The van der Waals surface area contributed by atoms with E-state index in [4.69, 9.17) is 14.8 Å². The highest BCUT2D eigenvalue weighted by atomic mass is 32.2. The standard InChI is InChI=1S/C8H19N.C4H6O7S/c1-3-5-7-9-8-6-4-2;5-3(6)1-2(4(7)8)12(9,10)11/h9H,3-8H2,1-2H3;2H,1H2,(H,5,6)(H,7,8)(H,9,10,11). The van der Waals surface area contributed by atoms with Gasteiger partial charge in [-0.1, -0.05) is 26.7 Å². The molecule has 0 saturated carbocycles. The molecule has 0 amide bonds. The van der Waals surface area contributed by atoms with Crippen LogP contribution in [0.15, 0.2) is 0 Å². The summed E-state index contributed by atoms with van der Waals surface area (Å²) >= 11 is 0. The molecular formula is C12H25NO7S. The van der Waals surface area contributed by atoms with E-state index in [1.54, 1.807) is 0 Å². The van der Waals surface area contributed by atoms with Gasteiger partial charge in [0.2, 0.25) is 0 Å². The maximum Gasteiger partial charge on any atom is 0.325 e. The van der Waals surface area contributed by atoms with E-state index in [0.717, 1.165) is 0 Å². The van der Waals surface area contributed by atoms with E-state index in [-0.39, 0.29) is 0 Å². The van der Waals surface area contributed by atoms with Crippen LogP contribution in [-0.2, 0) is 19.7 Å². The van der Waals surface area contributed by atoms with Gasteiger partial charge in [-0.2, -0.15) is 8.42 Å². The summed E-state index contributed by atoms with van der Waals surface area (Å²) in [6.07, 6.45) is 4.10. The Labute approximate surface area is 125 Å². The smallest absolute Gasteiger partial charge is 0.325 e. The molecule has 0 aromatic carbocycles. The summed E-state index contributed by atoms with van der Waals surface area (Å²) in [5.41, 5.74) is 0.